The minimum atomic E-state index is -1.11. The number of benzene rings is 2. The van der Waals surface area contributed by atoms with Crippen LogP contribution >= 0.6 is 11.6 Å². The summed E-state index contributed by atoms with van der Waals surface area (Å²) < 4.78 is 6.07. The molecule has 0 saturated carbocycles. The van der Waals surface area contributed by atoms with Crippen molar-refractivity contribution in [1.29, 1.82) is 0 Å². The third-order valence-electron chi connectivity index (χ3n) is 5.63. The highest BCUT2D eigenvalue weighted by atomic mass is 35.5. The molecule has 1 heterocycles. The van der Waals surface area contributed by atoms with Crippen LogP contribution in [0.5, 0.6) is 5.75 Å². The van der Waals surface area contributed by atoms with E-state index in [9.17, 15) is 14.7 Å². The topological polar surface area (TPSA) is 115 Å². The summed E-state index contributed by atoms with van der Waals surface area (Å²) in [5, 5.41) is 12.2. The molecule has 3 aromatic rings. The first kappa shape index (κ1) is 26.0. The summed E-state index contributed by atoms with van der Waals surface area (Å²) >= 11 is 6.03. The van der Waals surface area contributed by atoms with Crippen molar-refractivity contribution in [3.63, 3.8) is 0 Å². The molecule has 3 rings (SSSR count). The van der Waals surface area contributed by atoms with Crippen molar-refractivity contribution in [3.05, 3.63) is 81.1 Å². The summed E-state index contributed by atoms with van der Waals surface area (Å²) in [6.45, 7) is 8.32. The number of carbonyl (C=O) groups excluding carboxylic acids is 1. The molecule has 8 heteroatoms. The van der Waals surface area contributed by atoms with Crippen LogP contribution in [0.15, 0.2) is 42.5 Å². The lowest BCUT2D eigenvalue weighted by Gasteiger charge is -2.22. The number of nitrogens with zero attached hydrogens (tertiary/aromatic N) is 1. The Morgan fingerprint density at radius 3 is 2.40 bits per heavy atom. The SMILES string of the molecule is Cc1ccc(-c2c(COc3ccc(Cl)cc3C(N)=O)c(C)nc(CC(C)C)c2CNC(=O)O)cc1. The summed E-state index contributed by atoms with van der Waals surface area (Å²) in [4.78, 5) is 28.2. The molecule has 0 unspecified atom stereocenters. The number of hydrogen-bond acceptors (Lipinski definition) is 4. The van der Waals surface area contributed by atoms with Gasteiger partial charge in [0.05, 0.1) is 5.56 Å². The smallest absolute Gasteiger partial charge is 0.404 e. The molecular formula is C27H30ClN3O4. The van der Waals surface area contributed by atoms with Crippen LogP contribution < -0.4 is 15.8 Å². The number of ether oxygens (including phenoxy) is 1. The summed E-state index contributed by atoms with van der Waals surface area (Å²) in [6.07, 6.45) is -0.415. The average Bonchev–Trinajstić information content (AvgIpc) is 2.78. The van der Waals surface area contributed by atoms with Crippen LogP contribution in [0.4, 0.5) is 4.79 Å². The van der Waals surface area contributed by atoms with E-state index in [2.05, 4.69) is 19.2 Å². The lowest BCUT2D eigenvalue weighted by molar-refractivity contribution is 0.0996. The summed E-state index contributed by atoms with van der Waals surface area (Å²) in [5.41, 5.74) is 11.8. The first-order valence-electron chi connectivity index (χ1n) is 11.3. The quantitative estimate of drug-likeness (QED) is 0.354. The van der Waals surface area contributed by atoms with Crippen LogP contribution in [0.25, 0.3) is 11.1 Å². The zero-order chi connectivity index (χ0) is 25.7. The van der Waals surface area contributed by atoms with E-state index in [0.717, 1.165) is 39.2 Å². The van der Waals surface area contributed by atoms with E-state index in [0.29, 0.717) is 23.1 Å². The number of rotatable bonds is 9. The van der Waals surface area contributed by atoms with Crippen LogP contribution in [0, 0.1) is 19.8 Å². The molecule has 2 aromatic carbocycles. The molecule has 184 valence electrons. The Kier molecular flexibility index (Phi) is 8.35. The van der Waals surface area contributed by atoms with E-state index >= 15 is 0 Å². The van der Waals surface area contributed by atoms with Gasteiger partial charge in [-0.2, -0.15) is 0 Å². The molecule has 0 bridgehead atoms. The van der Waals surface area contributed by atoms with Gasteiger partial charge in [-0.05, 0) is 55.5 Å². The lowest BCUT2D eigenvalue weighted by atomic mass is 9.90. The minimum Gasteiger partial charge on any atom is -0.488 e. The van der Waals surface area contributed by atoms with Crippen molar-refractivity contribution in [2.45, 2.75) is 47.3 Å². The fourth-order valence-corrected chi connectivity index (χ4v) is 4.14. The van der Waals surface area contributed by atoms with Gasteiger partial charge in [-0.25, -0.2) is 4.79 Å². The number of nitrogens with two attached hydrogens (primary N) is 1. The molecule has 0 saturated heterocycles. The van der Waals surface area contributed by atoms with Crippen molar-refractivity contribution in [2.75, 3.05) is 0 Å². The molecule has 0 radical (unpaired) electrons. The predicted octanol–water partition coefficient (Wildman–Crippen LogP) is 5.66. The molecule has 2 amide bonds. The first-order chi connectivity index (χ1) is 16.6. The number of carbonyl (C=O) groups is 2. The molecule has 1 aromatic heterocycles. The Morgan fingerprint density at radius 1 is 1.11 bits per heavy atom. The molecule has 35 heavy (non-hydrogen) atoms. The van der Waals surface area contributed by atoms with Gasteiger partial charge in [0.1, 0.15) is 12.4 Å². The summed E-state index contributed by atoms with van der Waals surface area (Å²) in [7, 11) is 0. The van der Waals surface area contributed by atoms with Crippen molar-refractivity contribution >= 4 is 23.6 Å². The van der Waals surface area contributed by atoms with Crippen LogP contribution in [-0.2, 0) is 19.6 Å². The van der Waals surface area contributed by atoms with E-state index < -0.39 is 12.0 Å². The average molecular weight is 496 g/mol. The normalized spacial score (nSPS) is 10.9. The fraction of sp³-hybridized carbons (Fsp3) is 0.296. The monoisotopic (exact) mass is 495 g/mol. The number of aryl methyl sites for hydroxylation is 2. The molecule has 0 atom stereocenters. The number of primary amides is 1. The molecular weight excluding hydrogens is 466 g/mol. The Morgan fingerprint density at radius 2 is 1.80 bits per heavy atom. The number of pyridine rings is 1. The summed E-state index contributed by atoms with van der Waals surface area (Å²) in [6, 6.07) is 12.7. The molecule has 0 aliphatic rings. The highest BCUT2D eigenvalue weighted by Crippen LogP contribution is 2.34. The largest absolute Gasteiger partial charge is 0.488 e. The first-order valence-corrected chi connectivity index (χ1v) is 11.7. The number of carboxylic acid groups (broad SMARTS) is 1. The molecule has 0 aliphatic heterocycles. The van der Waals surface area contributed by atoms with E-state index in [1.54, 1.807) is 12.1 Å². The minimum absolute atomic E-state index is 0.103. The van der Waals surface area contributed by atoms with Gasteiger partial charge in [0.15, 0.2) is 0 Å². The molecule has 0 aliphatic carbocycles. The lowest BCUT2D eigenvalue weighted by Crippen LogP contribution is -2.23. The van der Waals surface area contributed by atoms with Crippen molar-refractivity contribution in [3.8, 4) is 16.9 Å². The number of aromatic nitrogens is 1. The van der Waals surface area contributed by atoms with Gasteiger partial charge in [-0.3, -0.25) is 9.78 Å². The van der Waals surface area contributed by atoms with Gasteiger partial charge in [0, 0.05) is 34.1 Å². The van der Waals surface area contributed by atoms with Gasteiger partial charge in [-0.15, -0.1) is 0 Å². The second kappa shape index (κ2) is 11.2. The Balaban J connectivity index is 2.17. The van der Waals surface area contributed by atoms with Crippen LogP contribution in [-0.4, -0.2) is 22.1 Å². The third-order valence-corrected chi connectivity index (χ3v) is 5.86. The zero-order valence-corrected chi connectivity index (χ0v) is 21.1. The Hall–Kier alpha value is -3.58. The maximum atomic E-state index is 11.9. The third kappa shape index (κ3) is 6.51. The van der Waals surface area contributed by atoms with E-state index in [1.807, 2.05) is 38.1 Å². The van der Waals surface area contributed by atoms with E-state index in [-0.39, 0.29) is 18.7 Å². The highest BCUT2D eigenvalue weighted by Gasteiger charge is 2.22. The maximum Gasteiger partial charge on any atom is 0.404 e. The molecule has 7 nitrogen and oxygen atoms in total. The zero-order valence-electron chi connectivity index (χ0n) is 20.3. The van der Waals surface area contributed by atoms with Gasteiger partial charge >= 0.3 is 6.09 Å². The maximum absolute atomic E-state index is 11.9. The second-order valence-corrected chi connectivity index (χ2v) is 9.33. The van der Waals surface area contributed by atoms with Crippen LogP contribution in [0.3, 0.4) is 0 Å². The van der Waals surface area contributed by atoms with Crippen LogP contribution in [0.2, 0.25) is 5.02 Å². The Labute approximate surface area is 210 Å². The molecule has 4 N–H and O–H groups in total. The molecule has 0 fully saturated rings. The number of nitrogens with one attached hydrogen (secondary N) is 1. The number of hydrogen-bond donors (Lipinski definition) is 3. The van der Waals surface area contributed by atoms with E-state index in [1.165, 1.54) is 6.07 Å². The van der Waals surface area contributed by atoms with E-state index in [4.69, 9.17) is 27.1 Å². The number of amides is 2. The van der Waals surface area contributed by atoms with Crippen molar-refractivity contribution in [1.82, 2.24) is 10.3 Å². The predicted molar refractivity (Wildman–Crippen MR) is 137 cm³/mol. The van der Waals surface area contributed by atoms with Gasteiger partial charge < -0.3 is 20.9 Å². The van der Waals surface area contributed by atoms with Gasteiger partial charge in [-0.1, -0.05) is 55.3 Å². The second-order valence-electron chi connectivity index (χ2n) is 8.89. The van der Waals surface area contributed by atoms with Crippen molar-refractivity contribution < 1.29 is 19.4 Å². The highest BCUT2D eigenvalue weighted by molar-refractivity contribution is 6.31. The number of halogens is 1. The summed E-state index contributed by atoms with van der Waals surface area (Å²) in [5.74, 6) is -0.00649. The van der Waals surface area contributed by atoms with Gasteiger partial charge in [0.25, 0.3) is 5.91 Å². The van der Waals surface area contributed by atoms with Gasteiger partial charge in [0.2, 0.25) is 0 Å². The van der Waals surface area contributed by atoms with Crippen molar-refractivity contribution in [2.24, 2.45) is 11.7 Å². The van der Waals surface area contributed by atoms with Crippen LogP contribution in [0.1, 0.15) is 52.3 Å². The Bertz CT molecular complexity index is 1240. The standard InChI is InChI=1S/C27H30ClN3O4/c1-15(2)11-23-21(13-30-27(33)34)25(18-7-5-16(3)6-8-18)22(17(4)31-23)14-35-24-10-9-19(28)12-20(24)26(29)32/h5-10,12,15,30H,11,13-14H2,1-4H3,(H2,29,32)(H,33,34). The molecule has 0 spiro atoms. The fourth-order valence-electron chi connectivity index (χ4n) is 3.97.